The van der Waals surface area contributed by atoms with Crippen molar-refractivity contribution in [3.8, 4) is 0 Å². The van der Waals surface area contributed by atoms with Gasteiger partial charge in [0.25, 0.3) is 0 Å². The van der Waals surface area contributed by atoms with Crippen molar-refractivity contribution in [2.75, 3.05) is 37.1 Å². The molecule has 0 aliphatic carbocycles. The smallest absolute Gasteiger partial charge is 0.239 e. The van der Waals surface area contributed by atoms with Gasteiger partial charge in [-0.1, -0.05) is 11.6 Å². The molecule has 100 valence electrons. The topological polar surface area (TPSA) is 76.3 Å². The van der Waals surface area contributed by atoms with Crippen LogP contribution in [0.5, 0.6) is 0 Å². The van der Waals surface area contributed by atoms with Crippen LogP contribution in [-0.2, 0) is 4.74 Å². The summed E-state index contributed by atoms with van der Waals surface area (Å²) in [6.07, 6.45) is 3.85. The van der Waals surface area contributed by atoms with Gasteiger partial charge in [-0.05, 0) is 18.8 Å². The van der Waals surface area contributed by atoms with Gasteiger partial charge >= 0.3 is 0 Å². The van der Waals surface area contributed by atoms with E-state index in [1.165, 1.54) is 6.42 Å². The van der Waals surface area contributed by atoms with Crippen LogP contribution in [0.1, 0.15) is 12.8 Å². The summed E-state index contributed by atoms with van der Waals surface area (Å²) in [6.45, 7) is 2.61. The minimum atomic E-state index is 0.378. The van der Waals surface area contributed by atoms with Crippen LogP contribution < -0.4 is 16.2 Å². The maximum atomic E-state index is 6.14. The van der Waals surface area contributed by atoms with Crippen molar-refractivity contribution in [1.82, 2.24) is 9.97 Å². The summed E-state index contributed by atoms with van der Waals surface area (Å²) < 4.78 is 5.22. The first-order valence-electron chi connectivity index (χ1n) is 5.97. The van der Waals surface area contributed by atoms with Crippen LogP contribution in [0.2, 0.25) is 5.02 Å². The number of hydrogen-bond acceptors (Lipinski definition) is 6. The Kier molecular flexibility index (Phi) is 4.57. The number of halogens is 1. The van der Waals surface area contributed by atoms with Crippen molar-refractivity contribution in [1.29, 1.82) is 0 Å². The van der Waals surface area contributed by atoms with E-state index in [0.717, 1.165) is 31.9 Å². The lowest BCUT2D eigenvalue weighted by atomic mass is 9.99. The summed E-state index contributed by atoms with van der Waals surface area (Å²) in [4.78, 5) is 10.5. The largest absolute Gasteiger partial charge is 0.384 e. The molecule has 1 aromatic heterocycles. The molecule has 0 radical (unpaired) electrons. The fourth-order valence-corrected chi connectivity index (χ4v) is 2.49. The van der Waals surface area contributed by atoms with Gasteiger partial charge in [-0.25, -0.2) is 10.8 Å². The SMILES string of the molecule is COCC1CCCN(c2nc(NN)ncc2Cl)C1. The van der Waals surface area contributed by atoms with Crippen LogP contribution in [0.15, 0.2) is 6.20 Å². The molecule has 1 fully saturated rings. The highest BCUT2D eigenvalue weighted by Crippen LogP contribution is 2.28. The first kappa shape index (κ1) is 13.3. The predicted molar refractivity (Wildman–Crippen MR) is 71.7 cm³/mol. The van der Waals surface area contributed by atoms with Crippen LogP contribution in [0.25, 0.3) is 0 Å². The monoisotopic (exact) mass is 271 g/mol. The van der Waals surface area contributed by atoms with Crippen LogP contribution in [0.4, 0.5) is 11.8 Å². The van der Waals surface area contributed by atoms with E-state index in [0.29, 0.717) is 16.9 Å². The van der Waals surface area contributed by atoms with E-state index in [4.69, 9.17) is 22.2 Å². The van der Waals surface area contributed by atoms with Crippen molar-refractivity contribution in [3.63, 3.8) is 0 Å². The Bertz CT molecular complexity index is 401. The summed E-state index contributed by atoms with van der Waals surface area (Å²) in [5.74, 6) is 6.95. The third-order valence-electron chi connectivity index (χ3n) is 3.08. The molecule has 0 spiro atoms. The van der Waals surface area contributed by atoms with Gasteiger partial charge in [0.2, 0.25) is 5.95 Å². The summed E-state index contributed by atoms with van der Waals surface area (Å²) in [5, 5.41) is 0.548. The van der Waals surface area contributed by atoms with Gasteiger partial charge in [0.05, 0.1) is 12.8 Å². The number of hydrogen-bond donors (Lipinski definition) is 2. The molecule has 0 amide bonds. The zero-order valence-corrected chi connectivity index (χ0v) is 11.2. The molecule has 7 heteroatoms. The van der Waals surface area contributed by atoms with Crippen molar-refractivity contribution in [3.05, 3.63) is 11.2 Å². The lowest BCUT2D eigenvalue weighted by Gasteiger charge is -2.33. The number of nitrogens with one attached hydrogen (secondary N) is 1. The van der Waals surface area contributed by atoms with Crippen molar-refractivity contribution in [2.45, 2.75) is 12.8 Å². The molecule has 2 heterocycles. The highest BCUT2D eigenvalue weighted by Gasteiger charge is 2.22. The first-order chi connectivity index (χ1) is 8.74. The van der Waals surface area contributed by atoms with Gasteiger partial charge < -0.3 is 9.64 Å². The minimum absolute atomic E-state index is 0.378. The van der Waals surface area contributed by atoms with E-state index in [2.05, 4.69) is 20.3 Å². The van der Waals surface area contributed by atoms with Gasteiger partial charge in [0.1, 0.15) is 5.02 Å². The molecule has 1 aliphatic rings. The number of methoxy groups -OCH3 is 1. The quantitative estimate of drug-likeness (QED) is 0.635. The summed E-state index contributed by atoms with van der Waals surface area (Å²) >= 11 is 6.14. The summed E-state index contributed by atoms with van der Waals surface area (Å²) in [7, 11) is 1.73. The molecule has 0 saturated carbocycles. The number of anilines is 2. The second-order valence-corrected chi connectivity index (χ2v) is 4.83. The highest BCUT2D eigenvalue weighted by atomic mass is 35.5. The van der Waals surface area contributed by atoms with E-state index in [1.807, 2.05) is 0 Å². The number of ether oxygens (including phenoxy) is 1. The van der Waals surface area contributed by atoms with Crippen LogP contribution >= 0.6 is 11.6 Å². The number of rotatable bonds is 4. The van der Waals surface area contributed by atoms with Crippen molar-refractivity contribution >= 4 is 23.4 Å². The Labute approximate surface area is 111 Å². The van der Waals surface area contributed by atoms with Crippen molar-refractivity contribution in [2.24, 2.45) is 11.8 Å². The van der Waals surface area contributed by atoms with Gasteiger partial charge in [-0.3, -0.25) is 5.43 Å². The number of nitrogens with zero attached hydrogens (tertiary/aromatic N) is 3. The first-order valence-corrected chi connectivity index (χ1v) is 6.35. The molecule has 0 aromatic carbocycles. The molecule has 1 aromatic rings. The number of nitrogens with two attached hydrogens (primary N) is 1. The van der Waals surface area contributed by atoms with E-state index >= 15 is 0 Å². The fraction of sp³-hybridized carbons (Fsp3) is 0.636. The Balaban J connectivity index is 2.14. The van der Waals surface area contributed by atoms with E-state index in [-0.39, 0.29) is 0 Å². The second kappa shape index (κ2) is 6.17. The molecule has 2 rings (SSSR count). The molecule has 1 saturated heterocycles. The zero-order chi connectivity index (χ0) is 13.0. The summed E-state index contributed by atoms with van der Waals surface area (Å²) in [6, 6.07) is 0. The predicted octanol–water partition coefficient (Wildman–Crippen LogP) is 1.28. The van der Waals surface area contributed by atoms with Gasteiger partial charge in [-0.2, -0.15) is 4.98 Å². The average molecular weight is 272 g/mol. The summed E-state index contributed by atoms with van der Waals surface area (Å²) in [5.41, 5.74) is 2.44. The fourth-order valence-electron chi connectivity index (χ4n) is 2.28. The number of aromatic nitrogens is 2. The van der Waals surface area contributed by atoms with Crippen LogP contribution in [0.3, 0.4) is 0 Å². The van der Waals surface area contributed by atoms with E-state index in [1.54, 1.807) is 13.3 Å². The highest BCUT2D eigenvalue weighted by molar-refractivity contribution is 6.32. The van der Waals surface area contributed by atoms with Crippen LogP contribution in [0, 0.1) is 5.92 Å². The molecular weight excluding hydrogens is 254 g/mol. The maximum Gasteiger partial charge on any atom is 0.239 e. The molecule has 1 aliphatic heterocycles. The molecule has 0 bridgehead atoms. The number of piperidine rings is 1. The standard InChI is InChI=1S/C11H18ClN5O/c1-18-7-8-3-2-4-17(6-8)10-9(12)5-14-11(15-10)16-13/h5,8H,2-4,6-7,13H2,1H3,(H,14,15,16). The lowest BCUT2D eigenvalue weighted by Crippen LogP contribution is -2.38. The number of nitrogen functional groups attached to an aromatic ring is 1. The normalized spacial score (nSPS) is 19.9. The van der Waals surface area contributed by atoms with Gasteiger partial charge in [0.15, 0.2) is 5.82 Å². The second-order valence-electron chi connectivity index (χ2n) is 4.42. The Morgan fingerprint density at radius 3 is 3.22 bits per heavy atom. The van der Waals surface area contributed by atoms with Crippen molar-refractivity contribution < 1.29 is 4.74 Å². The van der Waals surface area contributed by atoms with Gasteiger partial charge in [0, 0.05) is 20.2 Å². The molecule has 1 atom stereocenters. The third-order valence-corrected chi connectivity index (χ3v) is 3.34. The molecule has 6 nitrogen and oxygen atoms in total. The Hall–Kier alpha value is -1.11. The van der Waals surface area contributed by atoms with E-state index < -0.39 is 0 Å². The molecule has 18 heavy (non-hydrogen) atoms. The molecular formula is C11H18ClN5O. The molecule has 3 N–H and O–H groups in total. The van der Waals surface area contributed by atoms with Gasteiger partial charge in [-0.15, -0.1) is 0 Å². The number of hydrazine groups is 1. The third kappa shape index (κ3) is 3.01. The van der Waals surface area contributed by atoms with E-state index in [9.17, 15) is 0 Å². The average Bonchev–Trinajstić information content (AvgIpc) is 2.40. The minimum Gasteiger partial charge on any atom is -0.384 e. The maximum absolute atomic E-state index is 6.14. The van der Waals surface area contributed by atoms with Crippen LogP contribution in [-0.4, -0.2) is 36.8 Å². The lowest BCUT2D eigenvalue weighted by molar-refractivity contribution is 0.143. The zero-order valence-electron chi connectivity index (χ0n) is 10.4. The molecule has 1 unspecified atom stereocenters. The Morgan fingerprint density at radius 1 is 1.67 bits per heavy atom. The Morgan fingerprint density at radius 2 is 2.50 bits per heavy atom.